The first-order chi connectivity index (χ1) is 12.6. The zero-order valence-corrected chi connectivity index (χ0v) is 17.1. The van der Waals surface area contributed by atoms with Crippen LogP contribution in [0, 0.1) is 3.57 Å². The molecule has 0 saturated carbocycles. The first-order valence-electron chi connectivity index (χ1n) is 8.77. The van der Waals surface area contributed by atoms with Crippen molar-refractivity contribution in [2.45, 2.75) is 31.5 Å². The Morgan fingerprint density at radius 1 is 1.31 bits per heavy atom. The smallest absolute Gasteiger partial charge is 0.286 e. The van der Waals surface area contributed by atoms with Gasteiger partial charge in [0.1, 0.15) is 0 Å². The first kappa shape index (κ1) is 21.1. The van der Waals surface area contributed by atoms with Gasteiger partial charge in [0.05, 0.1) is 13.2 Å². The van der Waals surface area contributed by atoms with Crippen molar-refractivity contribution in [3.05, 3.63) is 45.2 Å². The van der Waals surface area contributed by atoms with Gasteiger partial charge in [0.25, 0.3) is 5.91 Å². The maximum Gasteiger partial charge on any atom is 0.286 e. The summed E-state index contributed by atoms with van der Waals surface area (Å²) >= 11 is 2.27. The molecule has 6 nitrogen and oxygen atoms in total. The molecule has 2 atom stereocenters. The molecule has 2 N–H and O–H groups in total. The van der Waals surface area contributed by atoms with Crippen LogP contribution in [0.3, 0.4) is 0 Å². The van der Waals surface area contributed by atoms with Crippen molar-refractivity contribution in [3.8, 4) is 0 Å². The molecule has 144 valence electrons. The number of allylic oxidation sites excluding steroid dienone is 1. The van der Waals surface area contributed by atoms with E-state index >= 15 is 0 Å². The van der Waals surface area contributed by atoms with Crippen LogP contribution >= 0.6 is 22.6 Å². The van der Waals surface area contributed by atoms with E-state index in [0.717, 1.165) is 15.6 Å². The Kier molecular flexibility index (Phi) is 9.38. The molecule has 2 rings (SSSR count). The number of carbonyl (C=O) groups excluding carboxylic acids is 1. The molecule has 1 aromatic carbocycles. The molecule has 0 saturated heterocycles. The van der Waals surface area contributed by atoms with Crippen molar-refractivity contribution < 1.29 is 24.1 Å². The van der Waals surface area contributed by atoms with Gasteiger partial charge in [-0.1, -0.05) is 12.1 Å². The molecule has 1 aliphatic heterocycles. The Hall–Kier alpha value is -1.16. The van der Waals surface area contributed by atoms with Crippen LogP contribution in [-0.4, -0.2) is 50.8 Å². The fourth-order valence-electron chi connectivity index (χ4n) is 2.64. The zero-order valence-electron chi connectivity index (χ0n) is 14.9. The summed E-state index contributed by atoms with van der Waals surface area (Å²) in [6.45, 7) is 1.50. The van der Waals surface area contributed by atoms with Crippen LogP contribution in [0.15, 0.2) is 36.1 Å². The highest BCUT2D eigenvalue weighted by Crippen LogP contribution is 2.31. The third kappa shape index (κ3) is 6.86. The fourth-order valence-corrected chi connectivity index (χ4v) is 3.00. The van der Waals surface area contributed by atoms with Gasteiger partial charge in [-0.15, -0.1) is 0 Å². The molecule has 0 fully saturated rings. The highest BCUT2D eigenvalue weighted by molar-refractivity contribution is 14.1. The number of ether oxygens (including phenoxy) is 3. The zero-order chi connectivity index (χ0) is 18.8. The largest absolute Gasteiger partial charge is 0.459 e. The summed E-state index contributed by atoms with van der Waals surface area (Å²) in [5, 5.41) is 11.7. The summed E-state index contributed by atoms with van der Waals surface area (Å²) in [6.07, 6.45) is 3.47. The van der Waals surface area contributed by atoms with Crippen LogP contribution in [0.25, 0.3) is 0 Å². The lowest BCUT2D eigenvalue weighted by molar-refractivity contribution is -0.146. The van der Waals surface area contributed by atoms with Crippen LogP contribution in [0.1, 0.15) is 30.7 Å². The molecule has 0 aromatic heterocycles. The third-order valence-corrected chi connectivity index (χ3v) is 4.75. The van der Waals surface area contributed by atoms with E-state index in [4.69, 9.17) is 19.3 Å². The highest BCUT2D eigenvalue weighted by Gasteiger charge is 2.28. The second kappa shape index (κ2) is 11.5. The van der Waals surface area contributed by atoms with Crippen LogP contribution in [-0.2, 0) is 19.0 Å². The summed E-state index contributed by atoms with van der Waals surface area (Å²) in [6, 6.07) is 8.23. The van der Waals surface area contributed by atoms with E-state index in [1.54, 1.807) is 7.11 Å². The number of hydrogen-bond donors (Lipinski definition) is 2. The lowest BCUT2D eigenvalue weighted by Gasteiger charge is -2.29. The molecule has 7 heteroatoms. The maximum atomic E-state index is 12.4. The number of carbonyl (C=O) groups is 1. The number of hydrogen-bond acceptors (Lipinski definition) is 5. The molecular formula is C19H26INO5. The van der Waals surface area contributed by atoms with Gasteiger partial charge in [0.2, 0.25) is 6.29 Å². The van der Waals surface area contributed by atoms with E-state index < -0.39 is 6.29 Å². The number of amides is 1. The van der Waals surface area contributed by atoms with Crippen LogP contribution < -0.4 is 5.32 Å². The quantitative estimate of drug-likeness (QED) is 0.402. The molecule has 1 amide bonds. The van der Waals surface area contributed by atoms with E-state index in [9.17, 15) is 4.79 Å². The van der Waals surface area contributed by atoms with Crippen LogP contribution in [0.2, 0.25) is 0 Å². The molecule has 26 heavy (non-hydrogen) atoms. The van der Waals surface area contributed by atoms with E-state index in [1.807, 2.05) is 6.08 Å². The molecule has 1 aliphatic rings. The lowest BCUT2D eigenvalue weighted by Crippen LogP contribution is -2.34. The number of halogens is 1. The maximum absolute atomic E-state index is 12.4. The van der Waals surface area contributed by atoms with Crippen molar-refractivity contribution in [3.63, 3.8) is 0 Å². The minimum Gasteiger partial charge on any atom is -0.459 e. The van der Waals surface area contributed by atoms with E-state index in [1.165, 1.54) is 0 Å². The van der Waals surface area contributed by atoms with Gasteiger partial charge in [-0.25, -0.2) is 0 Å². The first-order valence-corrected chi connectivity index (χ1v) is 9.85. The van der Waals surface area contributed by atoms with Gasteiger partial charge < -0.3 is 24.6 Å². The molecular weight excluding hydrogens is 449 g/mol. The van der Waals surface area contributed by atoms with Gasteiger partial charge in [-0.3, -0.25) is 4.79 Å². The van der Waals surface area contributed by atoms with Crippen molar-refractivity contribution in [2.24, 2.45) is 0 Å². The van der Waals surface area contributed by atoms with Gasteiger partial charge >= 0.3 is 0 Å². The molecule has 0 bridgehead atoms. The van der Waals surface area contributed by atoms with Gasteiger partial charge in [-0.05, 0) is 59.2 Å². The van der Waals surface area contributed by atoms with Crippen molar-refractivity contribution >= 4 is 28.5 Å². The second-order valence-electron chi connectivity index (χ2n) is 6.02. The standard InChI is InChI=1S/C19H26INO5/c1-24-11-8-21-19(23)17-12-15(14-4-6-16(20)7-5-14)13-18(26-17)25-10-3-2-9-22/h4-7,12,15,18,22H,2-3,8-11,13H2,1H3,(H,21,23)/t15-,18+/m1/s1. The Morgan fingerprint density at radius 3 is 2.77 bits per heavy atom. The molecule has 0 spiro atoms. The fraction of sp³-hybridized carbons (Fsp3) is 0.526. The molecule has 1 heterocycles. The summed E-state index contributed by atoms with van der Waals surface area (Å²) < 4.78 is 17.7. The highest BCUT2D eigenvalue weighted by atomic mass is 127. The SMILES string of the molecule is COCCNC(=O)C1=C[C@@H](c2ccc(I)cc2)C[C@@H](OCCCCO)O1. The Bertz CT molecular complexity index is 590. The van der Waals surface area contributed by atoms with Gasteiger partial charge in [0, 0.05) is 36.2 Å². The molecule has 1 aromatic rings. The number of benzene rings is 1. The summed E-state index contributed by atoms with van der Waals surface area (Å²) in [5.41, 5.74) is 1.12. The number of unbranched alkanes of at least 4 members (excludes halogenated alkanes) is 1. The summed E-state index contributed by atoms with van der Waals surface area (Å²) in [5.74, 6) is 0.0658. The van der Waals surface area contributed by atoms with Gasteiger partial charge in [0.15, 0.2) is 5.76 Å². The molecule has 0 unspecified atom stereocenters. The van der Waals surface area contributed by atoms with Crippen molar-refractivity contribution in [1.82, 2.24) is 5.32 Å². The predicted molar refractivity (Wildman–Crippen MR) is 107 cm³/mol. The average molecular weight is 475 g/mol. The van der Waals surface area contributed by atoms with E-state index in [2.05, 4.69) is 52.2 Å². The van der Waals surface area contributed by atoms with E-state index in [-0.39, 0.29) is 24.2 Å². The van der Waals surface area contributed by atoms with Gasteiger partial charge in [-0.2, -0.15) is 0 Å². The summed E-state index contributed by atoms with van der Waals surface area (Å²) in [4.78, 5) is 12.4. The minimum absolute atomic E-state index is 0.0479. The lowest BCUT2D eigenvalue weighted by atomic mass is 9.93. The average Bonchev–Trinajstić information content (AvgIpc) is 2.66. The summed E-state index contributed by atoms with van der Waals surface area (Å²) in [7, 11) is 1.59. The topological polar surface area (TPSA) is 77.0 Å². The molecule has 0 aliphatic carbocycles. The van der Waals surface area contributed by atoms with Crippen molar-refractivity contribution in [1.29, 1.82) is 0 Å². The number of aliphatic hydroxyl groups excluding tert-OH is 1. The number of rotatable bonds is 10. The Balaban J connectivity index is 2.06. The minimum atomic E-state index is -0.480. The Morgan fingerprint density at radius 2 is 2.08 bits per heavy atom. The normalized spacial score (nSPS) is 19.6. The second-order valence-corrected chi connectivity index (χ2v) is 7.27. The molecule has 0 radical (unpaired) electrons. The number of methoxy groups -OCH3 is 1. The van der Waals surface area contributed by atoms with E-state index in [0.29, 0.717) is 32.6 Å². The number of aliphatic hydroxyl groups is 1. The monoisotopic (exact) mass is 475 g/mol. The Labute approximate surface area is 168 Å². The third-order valence-electron chi connectivity index (χ3n) is 4.03. The predicted octanol–water partition coefficient (Wildman–Crippen LogP) is 2.56. The number of nitrogens with one attached hydrogen (secondary N) is 1. The van der Waals surface area contributed by atoms with Crippen molar-refractivity contribution in [2.75, 3.05) is 33.5 Å². The van der Waals surface area contributed by atoms with Crippen LogP contribution in [0.5, 0.6) is 0 Å². The van der Waals surface area contributed by atoms with Crippen LogP contribution in [0.4, 0.5) is 0 Å².